The molecule has 0 saturated carbocycles. The van der Waals surface area contributed by atoms with Gasteiger partial charge in [-0.15, -0.1) is 0 Å². The first-order valence-electron chi connectivity index (χ1n) is 8.00. The molecule has 2 aromatic rings. The zero-order chi connectivity index (χ0) is 17.7. The number of carbonyl (C=O) groups is 1. The number of benzene rings is 1. The van der Waals surface area contributed by atoms with Crippen molar-refractivity contribution in [2.75, 3.05) is 11.9 Å². The second-order valence-corrected chi connectivity index (χ2v) is 6.27. The molecule has 0 radical (unpaired) electrons. The van der Waals surface area contributed by atoms with Crippen molar-refractivity contribution >= 4 is 11.6 Å². The van der Waals surface area contributed by atoms with Crippen molar-refractivity contribution < 1.29 is 9.18 Å². The molecule has 1 atom stereocenters. The van der Waals surface area contributed by atoms with E-state index in [4.69, 9.17) is 0 Å². The second kappa shape index (κ2) is 8.01. The number of nitrogens with zero attached hydrogens (tertiary/aromatic N) is 3. The fourth-order valence-corrected chi connectivity index (χ4v) is 2.53. The summed E-state index contributed by atoms with van der Waals surface area (Å²) in [5.41, 5.74) is 0.916. The van der Waals surface area contributed by atoms with E-state index in [0.29, 0.717) is 17.2 Å². The molecule has 0 spiro atoms. The van der Waals surface area contributed by atoms with Gasteiger partial charge in [0, 0.05) is 18.3 Å². The number of carbonyl (C=O) groups excluding carboxylic acids is 1. The van der Waals surface area contributed by atoms with Crippen molar-refractivity contribution in [2.24, 2.45) is 13.0 Å². The third-order valence-electron chi connectivity index (χ3n) is 3.82. The lowest BCUT2D eigenvalue weighted by atomic mass is 10.0. The number of hydrogen-bond donors (Lipinski definition) is 2. The van der Waals surface area contributed by atoms with Crippen LogP contribution in [0.5, 0.6) is 0 Å². The summed E-state index contributed by atoms with van der Waals surface area (Å²) in [5, 5.41) is 10.0. The number of amides is 1. The number of aryl methyl sites for hydroxylation is 1. The lowest BCUT2D eigenvalue weighted by molar-refractivity contribution is -0.115. The van der Waals surface area contributed by atoms with E-state index in [2.05, 4.69) is 34.6 Å². The van der Waals surface area contributed by atoms with Crippen LogP contribution in [0.1, 0.15) is 37.7 Å². The monoisotopic (exact) mass is 333 g/mol. The molecule has 1 aromatic carbocycles. The van der Waals surface area contributed by atoms with Crippen LogP contribution in [0.25, 0.3) is 0 Å². The summed E-state index contributed by atoms with van der Waals surface area (Å²) in [6.45, 7) is 5.97. The highest BCUT2D eigenvalue weighted by molar-refractivity contribution is 5.92. The van der Waals surface area contributed by atoms with E-state index in [1.54, 1.807) is 23.7 Å². The van der Waals surface area contributed by atoms with Crippen LogP contribution in [0.15, 0.2) is 24.5 Å². The fraction of sp³-hybridized carbons (Fsp3) is 0.471. The topological polar surface area (TPSA) is 71.8 Å². The van der Waals surface area contributed by atoms with E-state index in [9.17, 15) is 9.18 Å². The maximum absolute atomic E-state index is 13.5. The Bertz CT molecular complexity index is 698. The molecule has 1 amide bonds. The molecule has 0 saturated heterocycles. The Morgan fingerprint density at radius 3 is 2.75 bits per heavy atom. The van der Waals surface area contributed by atoms with Crippen molar-refractivity contribution in [3.8, 4) is 0 Å². The Hall–Kier alpha value is -2.28. The highest BCUT2D eigenvalue weighted by atomic mass is 19.1. The normalized spacial score (nSPS) is 12.4. The summed E-state index contributed by atoms with van der Waals surface area (Å²) < 4.78 is 15.2. The molecule has 0 aliphatic heterocycles. The van der Waals surface area contributed by atoms with Crippen molar-refractivity contribution in [1.29, 1.82) is 0 Å². The number of anilines is 1. The highest BCUT2D eigenvalue weighted by Crippen LogP contribution is 2.19. The average molecular weight is 333 g/mol. The largest absolute Gasteiger partial charge is 0.325 e. The van der Waals surface area contributed by atoms with E-state index in [1.807, 2.05) is 7.05 Å². The smallest absolute Gasteiger partial charge is 0.238 e. The van der Waals surface area contributed by atoms with Gasteiger partial charge in [-0.05, 0) is 31.4 Å². The van der Waals surface area contributed by atoms with Crippen LogP contribution in [0.3, 0.4) is 0 Å². The first kappa shape index (κ1) is 18.1. The molecule has 0 bridgehead atoms. The van der Waals surface area contributed by atoms with E-state index >= 15 is 0 Å². The van der Waals surface area contributed by atoms with Gasteiger partial charge in [0.15, 0.2) is 0 Å². The quantitative estimate of drug-likeness (QED) is 0.817. The molecule has 2 rings (SSSR count). The van der Waals surface area contributed by atoms with Gasteiger partial charge in [-0.25, -0.2) is 9.37 Å². The molecule has 1 unspecified atom stereocenters. The van der Waals surface area contributed by atoms with Gasteiger partial charge in [0.1, 0.15) is 18.0 Å². The fourth-order valence-electron chi connectivity index (χ4n) is 2.53. The zero-order valence-electron chi connectivity index (χ0n) is 14.5. The first-order valence-corrected chi connectivity index (χ1v) is 8.00. The molecule has 7 heteroatoms. The SMILES string of the molecule is Cc1c(F)cccc1NC(=O)CNC(CC(C)C)c1ncnn1C. The Labute approximate surface area is 141 Å². The summed E-state index contributed by atoms with van der Waals surface area (Å²) >= 11 is 0. The van der Waals surface area contributed by atoms with Crippen LogP contribution in [0.4, 0.5) is 10.1 Å². The minimum atomic E-state index is -0.336. The third kappa shape index (κ3) is 4.61. The number of aromatic nitrogens is 3. The molecular formula is C17H24FN5O. The van der Waals surface area contributed by atoms with Gasteiger partial charge in [0.25, 0.3) is 0 Å². The summed E-state index contributed by atoms with van der Waals surface area (Å²) in [5.74, 6) is 0.670. The van der Waals surface area contributed by atoms with Gasteiger partial charge in [-0.2, -0.15) is 5.10 Å². The number of halogens is 1. The summed E-state index contributed by atoms with van der Waals surface area (Å²) in [6.07, 6.45) is 2.33. The van der Waals surface area contributed by atoms with Crippen LogP contribution < -0.4 is 10.6 Å². The van der Waals surface area contributed by atoms with E-state index in [1.165, 1.54) is 12.4 Å². The summed E-state index contributed by atoms with van der Waals surface area (Å²) in [6, 6.07) is 4.56. The Kier molecular flexibility index (Phi) is 6.03. The molecule has 0 aliphatic rings. The third-order valence-corrected chi connectivity index (χ3v) is 3.82. The summed E-state index contributed by atoms with van der Waals surface area (Å²) in [7, 11) is 1.83. The predicted octanol–water partition coefficient (Wildman–Crippen LogP) is 2.58. The molecule has 130 valence electrons. The standard InChI is InChI=1S/C17H24FN5O/c1-11(2)8-15(17-20-10-21-23(17)4)19-9-16(24)22-14-7-5-6-13(18)12(14)3/h5-7,10-11,15,19H,8-9H2,1-4H3,(H,22,24). The number of rotatable bonds is 7. The van der Waals surface area contributed by atoms with Crippen molar-refractivity contribution in [2.45, 2.75) is 33.2 Å². The Morgan fingerprint density at radius 2 is 2.12 bits per heavy atom. The van der Waals surface area contributed by atoms with E-state index in [0.717, 1.165) is 12.2 Å². The van der Waals surface area contributed by atoms with Crippen LogP contribution in [-0.4, -0.2) is 27.2 Å². The lowest BCUT2D eigenvalue weighted by Gasteiger charge is -2.19. The number of hydrogen-bond acceptors (Lipinski definition) is 4. The van der Waals surface area contributed by atoms with Crippen LogP contribution in [-0.2, 0) is 11.8 Å². The van der Waals surface area contributed by atoms with Crippen molar-refractivity contribution in [3.63, 3.8) is 0 Å². The Morgan fingerprint density at radius 1 is 1.38 bits per heavy atom. The van der Waals surface area contributed by atoms with Crippen molar-refractivity contribution in [1.82, 2.24) is 20.1 Å². The minimum Gasteiger partial charge on any atom is -0.325 e. The molecule has 24 heavy (non-hydrogen) atoms. The van der Waals surface area contributed by atoms with Crippen molar-refractivity contribution in [3.05, 3.63) is 41.7 Å². The van der Waals surface area contributed by atoms with Gasteiger partial charge >= 0.3 is 0 Å². The van der Waals surface area contributed by atoms with Gasteiger partial charge in [0.05, 0.1) is 12.6 Å². The second-order valence-electron chi connectivity index (χ2n) is 6.27. The Balaban J connectivity index is 1.99. The predicted molar refractivity (Wildman–Crippen MR) is 91.0 cm³/mol. The maximum Gasteiger partial charge on any atom is 0.238 e. The van der Waals surface area contributed by atoms with E-state index < -0.39 is 0 Å². The van der Waals surface area contributed by atoms with Crippen LogP contribution in [0, 0.1) is 18.7 Å². The number of nitrogens with one attached hydrogen (secondary N) is 2. The van der Waals surface area contributed by atoms with Gasteiger partial charge in [0.2, 0.25) is 5.91 Å². The molecular weight excluding hydrogens is 309 g/mol. The molecule has 0 fully saturated rings. The first-order chi connectivity index (χ1) is 11.4. The molecule has 2 N–H and O–H groups in total. The molecule has 1 aromatic heterocycles. The minimum absolute atomic E-state index is 0.0724. The maximum atomic E-state index is 13.5. The highest BCUT2D eigenvalue weighted by Gasteiger charge is 2.19. The van der Waals surface area contributed by atoms with Crippen LogP contribution in [0.2, 0.25) is 0 Å². The summed E-state index contributed by atoms with van der Waals surface area (Å²) in [4.78, 5) is 16.4. The molecule has 6 nitrogen and oxygen atoms in total. The average Bonchev–Trinajstić information content (AvgIpc) is 2.94. The van der Waals surface area contributed by atoms with E-state index in [-0.39, 0.29) is 24.3 Å². The lowest BCUT2D eigenvalue weighted by Crippen LogP contribution is -2.33. The molecule has 0 aliphatic carbocycles. The molecule has 1 heterocycles. The van der Waals surface area contributed by atoms with Gasteiger partial charge in [-0.1, -0.05) is 19.9 Å². The van der Waals surface area contributed by atoms with Crippen LogP contribution >= 0.6 is 0 Å². The zero-order valence-corrected chi connectivity index (χ0v) is 14.5. The van der Waals surface area contributed by atoms with Gasteiger partial charge in [-0.3, -0.25) is 14.8 Å². The van der Waals surface area contributed by atoms with Gasteiger partial charge < -0.3 is 5.32 Å².